The van der Waals surface area contributed by atoms with Crippen LogP contribution in [-0.2, 0) is 9.84 Å². The number of benzene rings is 1. The molecule has 0 saturated heterocycles. The third-order valence-electron chi connectivity index (χ3n) is 2.37. The van der Waals surface area contributed by atoms with Crippen LogP contribution < -0.4 is 0 Å². The molecule has 0 radical (unpaired) electrons. The first-order valence-corrected chi connectivity index (χ1v) is 7.05. The summed E-state index contributed by atoms with van der Waals surface area (Å²) in [4.78, 5) is 0.206. The van der Waals surface area contributed by atoms with Gasteiger partial charge in [0.15, 0.2) is 9.84 Å². The molecule has 0 heterocycles. The Balaban J connectivity index is 2.67. The molecule has 0 amide bonds. The van der Waals surface area contributed by atoms with Gasteiger partial charge in [0.25, 0.3) is 0 Å². The van der Waals surface area contributed by atoms with Crippen LogP contribution in [0.1, 0.15) is 26.7 Å². The van der Waals surface area contributed by atoms with E-state index < -0.39 is 15.7 Å². The zero-order valence-electron chi connectivity index (χ0n) is 9.61. The van der Waals surface area contributed by atoms with Crippen LogP contribution in [0.4, 0.5) is 4.39 Å². The Morgan fingerprint density at radius 2 is 1.75 bits per heavy atom. The van der Waals surface area contributed by atoms with E-state index in [-0.39, 0.29) is 10.6 Å². The van der Waals surface area contributed by atoms with Gasteiger partial charge in [0.2, 0.25) is 0 Å². The average molecular weight is 244 g/mol. The summed E-state index contributed by atoms with van der Waals surface area (Å²) in [5.74, 6) is 0.223. The van der Waals surface area contributed by atoms with Crippen molar-refractivity contribution in [2.24, 2.45) is 5.92 Å². The number of hydrogen-bond acceptors (Lipinski definition) is 2. The van der Waals surface area contributed by atoms with E-state index in [9.17, 15) is 12.8 Å². The Morgan fingerprint density at radius 1 is 1.19 bits per heavy atom. The highest BCUT2D eigenvalue weighted by Gasteiger charge is 2.13. The predicted molar refractivity (Wildman–Crippen MR) is 62.5 cm³/mol. The molecule has 1 aromatic rings. The lowest BCUT2D eigenvalue weighted by Gasteiger charge is -2.06. The second-order valence-corrected chi connectivity index (χ2v) is 6.42. The molecule has 0 fully saturated rings. The maximum absolute atomic E-state index is 12.6. The van der Waals surface area contributed by atoms with E-state index in [1.807, 2.05) is 0 Å². The molecule has 16 heavy (non-hydrogen) atoms. The van der Waals surface area contributed by atoms with Crippen molar-refractivity contribution in [1.29, 1.82) is 0 Å². The Bertz CT molecular complexity index is 421. The summed E-state index contributed by atoms with van der Waals surface area (Å²) >= 11 is 0. The highest BCUT2D eigenvalue weighted by Crippen LogP contribution is 2.14. The fraction of sp³-hybridized carbons (Fsp3) is 0.500. The van der Waals surface area contributed by atoms with Gasteiger partial charge in [0, 0.05) is 0 Å². The first-order chi connectivity index (χ1) is 7.42. The Labute approximate surface area is 96.4 Å². The van der Waals surface area contributed by atoms with Crippen LogP contribution in [0.25, 0.3) is 0 Å². The van der Waals surface area contributed by atoms with Crippen LogP contribution in [0.2, 0.25) is 0 Å². The maximum atomic E-state index is 12.6. The Morgan fingerprint density at radius 3 is 2.25 bits per heavy atom. The second kappa shape index (κ2) is 5.43. The maximum Gasteiger partial charge on any atom is 0.178 e. The summed E-state index contributed by atoms with van der Waals surface area (Å²) in [5, 5.41) is 0. The zero-order chi connectivity index (χ0) is 12.2. The SMILES string of the molecule is CC(C)CCCS(=O)(=O)c1ccc(F)cc1. The number of halogens is 1. The smallest absolute Gasteiger partial charge is 0.178 e. The minimum atomic E-state index is -3.24. The molecule has 0 atom stereocenters. The summed E-state index contributed by atoms with van der Waals surface area (Å²) in [6.07, 6.45) is 1.54. The first-order valence-electron chi connectivity index (χ1n) is 5.40. The first kappa shape index (κ1) is 13.2. The largest absolute Gasteiger partial charge is 0.224 e. The third-order valence-corrected chi connectivity index (χ3v) is 4.18. The van der Waals surface area contributed by atoms with Crippen molar-refractivity contribution in [3.8, 4) is 0 Å². The Hall–Kier alpha value is -0.900. The van der Waals surface area contributed by atoms with Crippen LogP contribution in [0, 0.1) is 11.7 Å². The van der Waals surface area contributed by atoms with Gasteiger partial charge in [-0.25, -0.2) is 12.8 Å². The molecule has 2 nitrogen and oxygen atoms in total. The van der Waals surface area contributed by atoms with Gasteiger partial charge in [-0.3, -0.25) is 0 Å². The lowest BCUT2D eigenvalue weighted by atomic mass is 10.1. The molecule has 0 bridgehead atoms. The van der Waals surface area contributed by atoms with Gasteiger partial charge in [-0.05, 0) is 43.0 Å². The summed E-state index contributed by atoms with van der Waals surface area (Å²) < 4.78 is 36.2. The molecule has 1 rings (SSSR count). The van der Waals surface area contributed by atoms with Gasteiger partial charge >= 0.3 is 0 Å². The lowest BCUT2D eigenvalue weighted by Crippen LogP contribution is -2.07. The summed E-state index contributed by atoms with van der Waals surface area (Å²) in [6.45, 7) is 4.12. The molecule has 0 aliphatic carbocycles. The molecule has 0 spiro atoms. The summed E-state index contributed by atoms with van der Waals surface area (Å²) in [6, 6.07) is 4.99. The van der Waals surface area contributed by atoms with Gasteiger partial charge in [-0.15, -0.1) is 0 Å². The molecule has 0 saturated carbocycles. The van der Waals surface area contributed by atoms with Gasteiger partial charge < -0.3 is 0 Å². The molecule has 0 N–H and O–H groups in total. The number of hydrogen-bond donors (Lipinski definition) is 0. The van der Waals surface area contributed by atoms with E-state index >= 15 is 0 Å². The molecule has 0 aliphatic rings. The van der Waals surface area contributed by atoms with Crippen molar-refractivity contribution in [1.82, 2.24) is 0 Å². The van der Waals surface area contributed by atoms with Crippen molar-refractivity contribution in [2.45, 2.75) is 31.6 Å². The fourth-order valence-electron chi connectivity index (χ4n) is 1.44. The van der Waals surface area contributed by atoms with Gasteiger partial charge in [0.1, 0.15) is 5.82 Å². The van der Waals surface area contributed by atoms with Gasteiger partial charge in [0.05, 0.1) is 10.6 Å². The topological polar surface area (TPSA) is 34.1 Å². The summed E-state index contributed by atoms with van der Waals surface area (Å²) in [7, 11) is -3.24. The van der Waals surface area contributed by atoms with Crippen LogP contribution in [0.3, 0.4) is 0 Å². The molecular weight excluding hydrogens is 227 g/mol. The van der Waals surface area contributed by atoms with Gasteiger partial charge in [-0.2, -0.15) is 0 Å². The van der Waals surface area contributed by atoms with Crippen LogP contribution in [0.15, 0.2) is 29.2 Å². The lowest BCUT2D eigenvalue weighted by molar-refractivity contribution is 0.559. The number of rotatable bonds is 5. The van der Waals surface area contributed by atoms with Crippen LogP contribution >= 0.6 is 0 Å². The minimum absolute atomic E-state index is 0.136. The second-order valence-electron chi connectivity index (χ2n) is 4.31. The van der Waals surface area contributed by atoms with Crippen molar-refractivity contribution in [3.63, 3.8) is 0 Å². The number of sulfone groups is 1. The van der Waals surface area contributed by atoms with E-state index in [0.717, 1.165) is 6.42 Å². The molecular formula is C12H17FO2S. The highest BCUT2D eigenvalue weighted by molar-refractivity contribution is 7.91. The Kier molecular flexibility index (Phi) is 4.47. The van der Waals surface area contributed by atoms with E-state index in [2.05, 4.69) is 13.8 Å². The van der Waals surface area contributed by atoms with Crippen LogP contribution in [-0.4, -0.2) is 14.2 Å². The van der Waals surface area contributed by atoms with E-state index in [1.165, 1.54) is 24.3 Å². The quantitative estimate of drug-likeness (QED) is 0.746. The molecule has 4 heteroatoms. The average Bonchev–Trinajstić information content (AvgIpc) is 2.17. The third kappa shape index (κ3) is 3.93. The van der Waals surface area contributed by atoms with Crippen LogP contribution in [0.5, 0.6) is 0 Å². The van der Waals surface area contributed by atoms with Crippen molar-refractivity contribution >= 4 is 9.84 Å². The standard InChI is InChI=1S/C12H17FO2S/c1-10(2)4-3-9-16(14,15)12-7-5-11(13)6-8-12/h5-8,10H,3-4,9H2,1-2H3. The zero-order valence-corrected chi connectivity index (χ0v) is 10.4. The predicted octanol–water partition coefficient (Wildman–Crippen LogP) is 3.04. The summed E-state index contributed by atoms with van der Waals surface area (Å²) in [5.41, 5.74) is 0. The van der Waals surface area contributed by atoms with E-state index in [4.69, 9.17) is 0 Å². The van der Waals surface area contributed by atoms with E-state index in [0.29, 0.717) is 12.3 Å². The van der Waals surface area contributed by atoms with Crippen molar-refractivity contribution in [3.05, 3.63) is 30.1 Å². The normalized spacial score (nSPS) is 12.0. The van der Waals surface area contributed by atoms with E-state index in [1.54, 1.807) is 0 Å². The molecule has 0 aliphatic heterocycles. The molecule has 1 aromatic carbocycles. The van der Waals surface area contributed by atoms with Gasteiger partial charge in [-0.1, -0.05) is 13.8 Å². The fourth-order valence-corrected chi connectivity index (χ4v) is 2.77. The molecule has 0 aromatic heterocycles. The molecule has 90 valence electrons. The monoisotopic (exact) mass is 244 g/mol. The molecule has 0 unspecified atom stereocenters. The van der Waals surface area contributed by atoms with Crippen molar-refractivity contribution < 1.29 is 12.8 Å². The minimum Gasteiger partial charge on any atom is -0.224 e. The van der Waals surface area contributed by atoms with Crippen molar-refractivity contribution in [2.75, 3.05) is 5.75 Å². The highest BCUT2D eigenvalue weighted by atomic mass is 32.2.